The Morgan fingerprint density at radius 2 is 1.70 bits per heavy atom. The average Bonchev–Trinajstić information content (AvgIpc) is 2.51. The molecule has 2 fully saturated rings. The van der Waals surface area contributed by atoms with Crippen LogP contribution in [0.5, 0.6) is 0 Å². The lowest BCUT2D eigenvalue weighted by Gasteiger charge is -2.41. The van der Waals surface area contributed by atoms with E-state index in [1.165, 1.54) is 56.4 Å². The van der Waals surface area contributed by atoms with E-state index in [2.05, 4.69) is 34.9 Å². The van der Waals surface area contributed by atoms with E-state index in [1.807, 2.05) is 0 Å². The van der Waals surface area contributed by atoms with Crippen molar-refractivity contribution < 1.29 is 0 Å². The molecule has 20 heavy (non-hydrogen) atoms. The maximum atomic E-state index is 6.24. The van der Waals surface area contributed by atoms with Crippen LogP contribution >= 0.6 is 0 Å². The Morgan fingerprint density at radius 3 is 2.40 bits per heavy atom. The van der Waals surface area contributed by atoms with Crippen molar-refractivity contribution in [2.24, 2.45) is 0 Å². The van der Waals surface area contributed by atoms with E-state index in [-0.39, 0.29) is 0 Å². The Bertz CT molecular complexity index is 444. The summed E-state index contributed by atoms with van der Waals surface area (Å²) in [5, 5.41) is 0. The molecule has 0 aliphatic carbocycles. The number of piperidine rings is 2. The number of para-hydroxylation sites is 1. The molecule has 1 aromatic rings. The van der Waals surface area contributed by atoms with Crippen LogP contribution in [0.1, 0.15) is 37.7 Å². The number of benzene rings is 1. The number of hydrogen-bond donors (Lipinski definition) is 1. The van der Waals surface area contributed by atoms with Gasteiger partial charge in [-0.15, -0.1) is 0 Å². The predicted molar refractivity (Wildman–Crippen MR) is 86.3 cm³/mol. The third-order valence-electron chi connectivity index (χ3n) is 5.01. The Kier molecular flexibility index (Phi) is 4.16. The fourth-order valence-electron chi connectivity index (χ4n) is 3.70. The van der Waals surface area contributed by atoms with E-state index in [0.29, 0.717) is 0 Å². The molecule has 0 bridgehead atoms. The van der Waals surface area contributed by atoms with Crippen LogP contribution in [-0.2, 0) is 0 Å². The number of nitrogens with zero attached hydrogens (tertiary/aromatic N) is 2. The first kappa shape index (κ1) is 13.7. The maximum absolute atomic E-state index is 6.24. The first-order valence-corrected chi connectivity index (χ1v) is 8.10. The smallest absolute Gasteiger partial charge is 0.0602 e. The molecule has 2 aliphatic heterocycles. The first-order chi connectivity index (χ1) is 9.75. The Labute approximate surface area is 122 Å². The van der Waals surface area contributed by atoms with Crippen molar-refractivity contribution in [2.75, 3.05) is 36.8 Å². The van der Waals surface area contributed by atoms with E-state index in [4.69, 9.17) is 5.73 Å². The van der Waals surface area contributed by atoms with Crippen LogP contribution in [-0.4, -0.2) is 37.1 Å². The summed E-state index contributed by atoms with van der Waals surface area (Å²) in [6.45, 7) is 7.03. The van der Waals surface area contributed by atoms with Crippen molar-refractivity contribution in [3.63, 3.8) is 0 Å². The summed E-state index contributed by atoms with van der Waals surface area (Å²) < 4.78 is 0. The largest absolute Gasteiger partial charge is 0.397 e. The molecular formula is C17H27N3. The van der Waals surface area contributed by atoms with Crippen LogP contribution in [0, 0.1) is 6.92 Å². The molecule has 0 amide bonds. The molecule has 0 saturated carbocycles. The highest BCUT2D eigenvalue weighted by atomic mass is 15.2. The van der Waals surface area contributed by atoms with Gasteiger partial charge in [0.05, 0.1) is 11.4 Å². The molecule has 2 N–H and O–H groups in total. The summed E-state index contributed by atoms with van der Waals surface area (Å²) in [4.78, 5) is 5.20. The summed E-state index contributed by atoms with van der Waals surface area (Å²) in [5.41, 5.74) is 9.63. The second-order valence-corrected chi connectivity index (χ2v) is 6.32. The number of rotatable bonds is 2. The van der Waals surface area contributed by atoms with Crippen molar-refractivity contribution in [1.29, 1.82) is 0 Å². The van der Waals surface area contributed by atoms with Crippen LogP contribution < -0.4 is 10.6 Å². The van der Waals surface area contributed by atoms with Gasteiger partial charge in [-0.05, 0) is 57.3 Å². The van der Waals surface area contributed by atoms with E-state index in [0.717, 1.165) is 24.8 Å². The second-order valence-electron chi connectivity index (χ2n) is 6.32. The molecular weight excluding hydrogens is 246 g/mol. The minimum Gasteiger partial charge on any atom is -0.397 e. The molecule has 2 aliphatic rings. The van der Waals surface area contributed by atoms with Gasteiger partial charge in [-0.3, -0.25) is 0 Å². The van der Waals surface area contributed by atoms with Crippen molar-refractivity contribution in [3.05, 3.63) is 23.8 Å². The van der Waals surface area contributed by atoms with Gasteiger partial charge in [0.15, 0.2) is 0 Å². The van der Waals surface area contributed by atoms with Gasteiger partial charge in [0, 0.05) is 19.1 Å². The van der Waals surface area contributed by atoms with Crippen molar-refractivity contribution in [1.82, 2.24) is 4.90 Å². The molecule has 1 aromatic carbocycles. The fourth-order valence-corrected chi connectivity index (χ4v) is 3.70. The van der Waals surface area contributed by atoms with E-state index < -0.39 is 0 Å². The summed E-state index contributed by atoms with van der Waals surface area (Å²) >= 11 is 0. The van der Waals surface area contributed by atoms with Crippen molar-refractivity contribution in [2.45, 2.75) is 45.1 Å². The van der Waals surface area contributed by atoms with Crippen LogP contribution in [0.2, 0.25) is 0 Å². The minimum atomic E-state index is 0.803. The minimum absolute atomic E-state index is 0.803. The quantitative estimate of drug-likeness (QED) is 0.841. The van der Waals surface area contributed by atoms with Gasteiger partial charge in [0.1, 0.15) is 0 Å². The molecule has 3 nitrogen and oxygen atoms in total. The molecule has 0 spiro atoms. The summed E-state index contributed by atoms with van der Waals surface area (Å²) in [6.07, 6.45) is 6.78. The van der Waals surface area contributed by atoms with Gasteiger partial charge < -0.3 is 15.5 Å². The number of likely N-dealkylation sites (tertiary alicyclic amines) is 1. The lowest BCUT2D eigenvalue weighted by atomic mass is 9.99. The van der Waals surface area contributed by atoms with E-state index >= 15 is 0 Å². The zero-order chi connectivity index (χ0) is 13.9. The summed E-state index contributed by atoms with van der Waals surface area (Å²) in [5.74, 6) is 0. The molecule has 0 atom stereocenters. The van der Waals surface area contributed by atoms with Gasteiger partial charge in [-0.2, -0.15) is 0 Å². The third-order valence-corrected chi connectivity index (χ3v) is 5.01. The highest BCUT2D eigenvalue weighted by Gasteiger charge is 2.26. The number of aryl methyl sites for hydroxylation is 1. The van der Waals surface area contributed by atoms with Gasteiger partial charge in [0.25, 0.3) is 0 Å². The number of anilines is 2. The van der Waals surface area contributed by atoms with Gasteiger partial charge in [-0.1, -0.05) is 18.6 Å². The van der Waals surface area contributed by atoms with Gasteiger partial charge in [-0.25, -0.2) is 0 Å². The zero-order valence-electron chi connectivity index (χ0n) is 12.6. The highest BCUT2D eigenvalue weighted by Crippen LogP contribution is 2.30. The lowest BCUT2D eigenvalue weighted by molar-refractivity contribution is 0.141. The predicted octanol–water partition coefficient (Wildman–Crippen LogP) is 3.03. The van der Waals surface area contributed by atoms with Gasteiger partial charge >= 0.3 is 0 Å². The van der Waals surface area contributed by atoms with Crippen molar-refractivity contribution >= 4 is 11.4 Å². The highest BCUT2D eigenvalue weighted by molar-refractivity contribution is 5.71. The van der Waals surface area contributed by atoms with Gasteiger partial charge in [0.2, 0.25) is 0 Å². The summed E-state index contributed by atoms with van der Waals surface area (Å²) in [7, 11) is 0. The maximum Gasteiger partial charge on any atom is 0.0602 e. The normalized spacial score (nSPS) is 22.1. The topological polar surface area (TPSA) is 32.5 Å². The van der Waals surface area contributed by atoms with Crippen LogP contribution in [0.15, 0.2) is 18.2 Å². The van der Waals surface area contributed by atoms with Crippen LogP contribution in [0.3, 0.4) is 0 Å². The first-order valence-electron chi connectivity index (χ1n) is 8.10. The average molecular weight is 273 g/mol. The molecule has 110 valence electrons. The second kappa shape index (κ2) is 6.04. The molecule has 0 unspecified atom stereocenters. The van der Waals surface area contributed by atoms with Crippen molar-refractivity contribution in [3.8, 4) is 0 Å². The van der Waals surface area contributed by atoms with E-state index in [1.54, 1.807) is 0 Å². The molecule has 3 heteroatoms. The molecule has 0 radical (unpaired) electrons. The Morgan fingerprint density at radius 1 is 1.00 bits per heavy atom. The van der Waals surface area contributed by atoms with E-state index in [9.17, 15) is 0 Å². The van der Waals surface area contributed by atoms with Crippen LogP contribution in [0.25, 0.3) is 0 Å². The lowest BCUT2D eigenvalue weighted by Crippen LogP contribution is -2.46. The molecule has 3 rings (SSSR count). The zero-order valence-corrected chi connectivity index (χ0v) is 12.6. The molecule has 2 saturated heterocycles. The Balaban J connectivity index is 1.62. The SMILES string of the molecule is Cc1cccc(N2CCC(N3CCCCC3)CC2)c1N. The molecule has 2 heterocycles. The van der Waals surface area contributed by atoms with Crippen LogP contribution in [0.4, 0.5) is 11.4 Å². The number of nitrogen functional groups attached to an aromatic ring is 1. The third kappa shape index (κ3) is 2.78. The standard InChI is InChI=1S/C17H27N3/c1-14-6-5-7-16(17(14)18)20-12-8-15(9-13-20)19-10-3-2-4-11-19/h5-7,15H,2-4,8-13,18H2,1H3. The number of nitrogens with two attached hydrogens (primary N) is 1. The molecule has 0 aromatic heterocycles. The monoisotopic (exact) mass is 273 g/mol. The summed E-state index contributed by atoms with van der Waals surface area (Å²) in [6, 6.07) is 7.19. The number of hydrogen-bond acceptors (Lipinski definition) is 3. The fraction of sp³-hybridized carbons (Fsp3) is 0.647. The Hall–Kier alpha value is -1.22.